The summed E-state index contributed by atoms with van der Waals surface area (Å²) in [6, 6.07) is 15.4. The molecule has 0 fully saturated rings. The monoisotopic (exact) mass is 239 g/mol. The molecule has 2 aromatic carbocycles. The first-order chi connectivity index (χ1) is 8.86. The van der Waals surface area contributed by atoms with Gasteiger partial charge in [0.05, 0.1) is 5.69 Å². The Balaban J connectivity index is 2.11. The molecule has 2 nitrogen and oxygen atoms in total. The Kier molecular flexibility index (Phi) is 1.81. The Morgan fingerprint density at radius 3 is 2.39 bits per heavy atom. The van der Waals surface area contributed by atoms with Crippen molar-refractivity contribution in [2.45, 2.75) is 0 Å². The molecule has 2 heterocycles. The molecule has 2 aliphatic rings. The third kappa shape index (κ3) is 1.11. The van der Waals surface area contributed by atoms with Gasteiger partial charge in [0.2, 0.25) is 0 Å². The quantitative estimate of drug-likeness (QED) is 0.694. The van der Waals surface area contributed by atoms with Crippen molar-refractivity contribution in [3.05, 3.63) is 60.1 Å². The van der Waals surface area contributed by atoms with Gasteiger partial charge in [-0.05, 0) is 11.6 Å². The molecule has 0 atom stereocenters. The Labute approximate surface area is 104 Å². The molecular formula is C15H10FNO. The van der Waals surface area contributed by atoms with E-state index in [1.54, 1.807) is 0 Å². The van der Waals surface area contributed by atoms with E-state index in [-0.39, 0.29) is 6.73 Å². The van der Waals surface area contributed by atoms with E-state index in [1.165, 1.54) is 0 Å². The second-order valence-electron chi connectivity index (χ2n) is 4.39. The second kappa shape index (κ2) is 3.35. The fraction of sp³-hybridized carbons (Fsp3) is 0.0667. The number of ether oxygens (including phenoxy) is 1. The van der Waals surface area contributed by atoms with Crippen LogP contribution in [0, 0.1) is 0 Å². The van der Waals surface area contributed by atoms with Crippen molar-refractivity contribution >= 4 is 11.4 Å². The first-order valence-corrected chi connectivity index (χ1v) is 5.85. The van der Waals surface area contributed by atoms with E-state index in [2.05, 4.69) is 6.07 Å². The maximum absolute atomic E-state index is 13.8. The van der Waals surface area contributed by atoms with Crippen molar-refractivity contribution in [2.75, 3.05) is 11.6 Å². The average Bonchev–Trinajstić information content (AvgIpc) is 2.82. The molecule has 0 amide bonds. The van der Waals surface area contributed by atoms with Crippen molar-refractivity contribution in [2.24, 2.45) is 0 Å². The second-order valence-corrected chi connectivity index (χ2v) is 4.39. The van der Waals surface area contributed by atoms with Crippen LogP contribution in [-0.2, 0) is 4.74 Å². The molecule has 2 aromatic rings. The highest BCUT2D eigenvalue weighted by molar-refractivity contribution is 5.99. The Morgan fingerprint density at radius 2 is 1.56 bits per heavy atom. The summed E-state index contributed by atoms with van der Waals surface area (Å²) in [5.74, 6) is 0. The zero-order valence-electron chi connectivity index (χ0n) is 9.56. The molecule has 2 aliphatic heterocycles. The van der Waals surface area contributed by atoms with Gasteiger partial charge in [-0.3, -0.25) is 0 Å². The lowest BCUT2D eigenvalue weighted by Gasteiger charge is -2.29. The highest BCUT2D eigenvalue weighted by Gasteiger charge is 2.34. The molecule has 0 unspecified atom stereocenters. The number of rotatable bonds is 0. The molecule has 0 radical (unpaired) electrons. The molecule has 4 rings (SSSR count). The molecule has 0 saturated carbocycles. The van der Waals surface area contributed by atoms with Gasteiger partial charge in [-0.15, -0.1) is 0 Å². The number of anilines is 1. The number of halogens is 1. The van der Waals surface area contributed by atoms with E-state index in [1.807, 2.05) is 47.4 Å². The van der Waals surface area contributed by atoms with Crippen molar-refractivity contribution in [1.82, 2.24) is 0 Å². The summed E-state index contributed by atoms with van der Waals surface area (Å²) in [5, 5.41) is 0. The lowest BCUT2D eigenvalue weighted by Crippen LogP contribution is -2.22. The molecule has 0 spiro atoms. The van der Waals surface area contributed by atoms with Gasteiger partial charge in [0, 0.05) is 11.1 Å². The maximum atomic E-state index is 13.8. The summed E-state index contributed by atoms with van der Waals surface area (Å²) < 4.78 is 18.9. The van der Waals surface area contributed by atoms with Crippen molar-refractivity contribution in [1.29, 1.82) is 0 Å². The van der Waals surface area contributed by atoms with Crippen molar-refractivity contribution in [3.8, 4) is 11.1 Å². The van der Waals surface area contributed by atoms with Crippen LogP contribution in [0.15, 0.2) is 54.5 Å². The topological polar surface area (TPSA) is 12.5 Å². The van der Waals surface area contributed by atoms with Crippen LogP contribution in [0.4, 0.5) is 10.1 Å². The molecule has 0 saturated heterocycles. The van der Waals surface area contributed by atoms with Gasteiger partial charge in [-0.1, -0.05) is 42.5 Å². The molecule has 18 heavy (non-hydrogen) atoms. The predicted molar refractivity (Wildman–Crippen MR) is 68.3 cm³/mol. The first-order valence-electron chi connectivity index (χ1n) is 5.85. The van der Waals surface area contributed by atoms with Crippen LogP contribution in [0.1, 0.15) is 5.56 Å². The Bertz CT molecular complexity index is 678. The lowest BCUT2D eigenvalue weighted by molar-refractivity contribution is 0.176. The summed E-state index contributed by atoms with van der Waals surface area (Å²) in [5.41, 5.74) is 4.62. The highest BCUT2D eigenvalue weighted by atomic mass is 19.1. The molecule has 88 valence electrons. The van der Waals surface area contributed by atoms with Crippen LogP contribution >= 0.6 is 0 Å². The minimum Gasteiger partial charge on any atom is -0.447 e. The zero-order chi connectivity index (χ0) is 12.1. The van der Waals surface area contributed by atoms with Gasteiger partial charge in [-0.2, -0.15) is 4.39 Å². The molecule has 0 aliphatic carbocycles. The van der Waals surface area contributed by atoms with Gasteiger partial charge < -0.3 is 9.64 Å². The Morgan fingerprint density at radius 1 is 0.889 bits per heavy atom. The van der Waals surface area contributed by atoms with E-state index in [9.17, 15) is 4.39 Å². The summed E-state index contributed by atoms with van der Waals surface area (Å²) in [6.07, 6.45) is 0. The molecule has 0 N–H and O–H groups in total. The van der Waals surface area contributed by atoms with E-state index >= 15 is 0 Å². The van der Waals surface area contributed by atoms with E-state index in [4.69, 9.17) is 4.74 Å². The summed E-state index contributed by atoms with van der Waals surface area (Å²) in [4.78, 5) is 1.88. The predicted octanol–water partition coefficient (Wildman–Crippen LogP) is 3.76. The molecule has 0 aromatic heterocycles. The third-order valence-electron chi connectivity index (χ3n) is 3.44. The molecular weight excluding hydrogens is 229 g/mol. The van der Waals surface area contributed by atoms with E-state index in [0.717, 1.165) is 22.4 Å². The van der Waals surface area contributed by atoms with Crippen LogP contribution < -0.4 is 4.90 Å². The summed E-state index contributed by atoms with van der Waals surface area (Å²) in [6.45, 7) is 0.243. The van der Waals surface area contributed by atoms with E-state index < -0.39 is 6.01 Å². The van der Waals surface area contributed by atoms with Crippen LogP contribution in [0.25, 0.3) is 16.8 Å². The number of fused-ring (bicyclic) bond motifs is 6. The largest absolute Gasteiger partial charge is 0.447 e. The number of hydrogen-bond donors (Lipinski definition) is 0. The number of para-hydroxylation sites is 1. The summed E-state index contributed by atoms with van der Waals surface area (Å²) in [7, 11) is 0. The molecule has 0 bridgehead atoms. The van der Waals surface area contributed by atoms with Crippen LogP contribution in [0.5, 0.6) is 0 Å². The standard InChI is InChI=1S/C15H10FNO/c16-15-14-12-7-2-1-5-10(12)11-6-3-4-8-13(11)17(14)9-18-15/h1-8H,9H2. The zero-order valence-corrected chi connectivity index (χ0v) is 9.56. The van der Waals surface area contributed by atoms with Gasteiger partial charge in [0.1, 0.15) is 5.70 Å². The SMILES string of the molecule is FC1=C2c3ccccc3-c3ccccc3N2CO1. The number of benzene rings is 2. The first kappa shape index (κ1) is 9.71. The normalized spacial score (nSPS) is 15.9. The third-order valence-corrected chi connectivity index (χ3v) is 3.44. The highest BCUT2D eigenvalue weighted by Crippen LogP contribution is 2.47. The van der Waals surface area contributed by atoms with Crippen LogP contribution in [0.2, 0.25) is 0 Å². The van der Waals surface area contributed by atoms with Crippen molar-refractivity contribution < 1.29 is 9.13 Å². The van der Waals surface area contributed by atoms with Gasteiger partial charge in [-0.25, -0.2) is 0 Å². The smallest absolute Gasteiger partial charge is 0.299 e. The fourth-order valence-electron chi connectivity index (χ4n) is 2.66. The molecule has 3 heteroatoms. The fourth-order valence-corrected chi connectivity index (χ4v) is 2.66. The number of nitrogens with zero attached hydrogens (tertiary/aromatic N) is 1. The van der Waals surface area contributed by atoms with Crippen molar-refractivity contribution in [3.63, 3.8) is 0 Å². The van der Waals surface area contributed by atoms with Gasteiger partial charge in [0.15, 0.2) is 6.73 Å². The average molecular weight is 239 g/mol. The lowest BCUT2D eigenvalue weighted by atomic mass is 9.92. The Hall–Kier alpha value is -2.29. The van der Waals surface area contributed by atoms with E-state index in [0.29, 0.717) is 5.70 Å². The van der Waals surface area contributed by atoms with Crippen LogP contribution in [-0.4, -0.2) is 6.73 Å². The van der Waals surface area contributed by atoms with Crippen LogP contribution in [0.3, 0.4) is 0 Å². The maximum Gasteiger partial charge on any atom is 0.299 e. The van der Waals surface area contributed by atoms with Gasteiger partial charge >= 0.3 is 0 Å². The number of hydrogen-bond acceptors (Lipinski definition) is 2. The van der Waals surface area contributed by atoms with Gasteiger partial charge in [0.25, 0.3) is 6.01 Å². The minimum atomic E-state index is -0.489. The summed E-state index contributed by atoms with van der Waals surface area (Å²) >= 11 is 0. The minimum absolute atomic E-state index is 0.243.